The van der Waals surface area contributed by atoms with E-state index in [9.17, 15) is 0 Å². The summed E-state index contributed by atoms with van der Waals surface area (Å²) in [7, 11) is 0. The summed E-state index contributed by atoms with van der Waals surface area (Å²) >= 11 is 0. The lowest BCUT2D eigenvalue weighted by Gasteiger charge is -2.36. The van der Waals surface area contributed by atoms with Crippen LogP contribution in [0.2, 0.25) is 0 Å². The van der Waals surface area contributed by atoms with Crippen LogP contribution in [0.3, 0.4) is 0 Å². The highest BCUT2D eigenvalue weighted by molar-refractivity contribution is 5.21. The first-order chi connectivity index (χ1) is 9.81. The maximum Gasteiger partial charge on any atom is 0.103 e. The zero-order chi connectivity index (χ0) is 13.8. The highest BCUT2D eigenvalue weighted by Crippen LogP contribution is 2.04. The number of nitrogens with one attached hydrogen (secondary N) is 2. The van der Waals surface area contributed by atoms with Crippen molar-refractivity contribution < 1.29 is 9.80 Å². The molecule has 3 rings (SSSR count). The van der Waals surface area contributed by atoms with Crippen LogP contribution >= 0.6 is 0 Å². The van der Waals surface area contributed by atoms with Gasteiger partial charge in [0.05, 0.1) is 32.2 Å². The lowest BCUT2D eigenvalue weighted by molar-refractivity contribution is -0.965. The van der Waals surface area contributed by atoms with Crippen LogP contribution in [0.4, 0.5) is 0 Å². The minimum Gasteiger partial charge on any atom is -0.332 e. The first-order valence-electron chi connectivity index (χ1n) is 8.55. The van der Waals surface area contributed by atoms with E-state index in [0.717, 1.165) is 6.04 Å². The van der Waals surface area contributed by atoms with E-state index in [0.29, 0.717) is 0 Å². The second-order valence-electron chi connectivity index (χ2n) is 6.91. The Morgan fingerprint density at radius 1 is 1.00 bits per heavy atom. The summed E-state index contributed by atoms with van der Waals surface area (Å²) < 4.78 is 0. The second-order valence-corrected chi connectivity index (χ2v) is 6.91. The topological polar surface area (TPSA) is 8.88 Å². The molecule has 110 valence electrons. The molecular formula is C18H30N2+2. The lowest BCUT2D eigenvalue weighted by Crippen LogP contribution is -3.20. The van der Waals surface area contributed by atoms with Gasteiger partial charge in [0.2, 0.25) is 0 Å². The highest BCUT2D eigenvalue weighted by atomic mass is 15.2. The number of likely N-dealkylation sites (tertiary alicyclic amines) is 2. The first-order valence-corrected chi connectivity index (χ1v) is 8.55. The van der Waals surface area contributed by atoms with Gasteiger partial charge in [-0.3, -0.25) is 0 Å². The molecule has 0 amide bonds. The van der Waals surface area contributed by atoms with Crippen molar-refractivity contribution in [3.63, 3.8) is 0 Å². The van der Waals surface area contributed by atoms with Crippen LogP contribution in [-0.2, 0) is 6.54 Å². The molecule has 2 saturated heterocycles. The Morgan fingerprint density at radius 2 is 1.75 bits per heavy atom. The van der Waals surface area contributed by atoms with E-state index in [4.69, 9.17) is 0 Å². The minimum absolute atomic E-state index is 0.969. The Hall–Kier alpha value is -0.860. The molecule has 1 aromatic rings. The predicted octanol–water partition coefficient (Wildman–Crippen LogP) is 0.611. The third kappa shape index (κ3) is 3.62. The average Bonchev–Trinajstić information content (AvgIpc) is 2.49. The van der Waals surface area contributed by atoms with Crippen molar-refractivity contribution in [3.05, 3.63) is 35.4 Å². The maximum absolute atomic E-state index is 2.36. The van der Waals surface area contributed by atoms with Crippen LogP contribution in [0, 0.1) is 6.92 Å². The van der Waals surface area contributed by atoms with E-state index in [1.807, 2.05) is 4.90 Å². The Kier molecular flexibility index (Phi) is 4.74. The van der Waals surface area contributed by atoms with Crippen LogP contribution in [0.1, 0.15) is 43.2 Å². The summed E-state index contributed by atoms with van der Waals surface area (Å²) in [6, 6.07) is 10.0. The Bertz CT molecular complexity index is 415. The van der Waals surface area contributed by atoms with Crippen molar-refractivity contribution in [1.29, 1.82) is 0 Å². The van der Waals surface area contributed by atoms with Gasteiger partial charge in [-0.25, -0.2) is 0 Å². The average molecular weight is 274 g/mol. The van der Waals surface area contributed by atoms with E-state index in [-0.39, 0.29) is 0 Å². The van der Waals surface area contributed by atoms with Gasteiger partial charge in [-0.2, -0.15) is 0 Å². The fraction of sp³-hybridized carbons (Fsp3) is 0.667. The first kappa shape index (κ1) is 14.1. The number of aryl methyl sites for hydroxylation is 1. The molecule has 0 bridgehead atoms. The van der Waals surface area contributed by atoms with Crippen molar-refractivity contribution >= 4 is 0 Å². The molecule has 0 spiro atoms. The Balaban J connectivity index is 1.48. The molecule has 0 aromatic heterocycles. The van der Waals surface area contributed by atoms with Crippen LogP contribution < -0.4 is 9.80 Å². The van der Waals surface area contributed by atoms with Crippen molar-refractivity contribution in [3.8, 4) is 0 Å². The van der Waals surface area contributed by atoms with E-state index in [1.54, 1.807) is 4.90 Å². The van der Waals surface area contributed by atoms with Crippen LogP contribution in [0.5, 0.6) is 0 Å². The standard InChI is InChI=1S/C18H28N2/c1-16-6-5-7-17(14-16)15-19-12-8-18(9-13-19)20-10-3-2-4-11-20/h5-7,14,18H,2-4,8-13,15H2,1H3/p+2. The molecular weight excluding hydrogens is 244 g/mol. The van der Waals surface area contributed by atoms with Crippen LogP contribution in [0.15, 0.2) is 24.3 Å². The van der Waals surface area contributed by atoms with Gasteiger partial charge in [0.25, 0.3) is 0 Å². The quantitative estimate of drug-likeness (QED) is 0.799. The number of hydrogen-bond donors (Lipinski definition) is 2. The molecule has 2 fully saturated rings. The molecule has 2 heterocycles. The minimum atomic E-state index is 0.969. The molecule has 0 radical (unpaired) electrons. The van der Waals surface area contributed by atoms with E-state index in [2.05, 4.69) is 31.2 Å². The van der Waals surface area contributed by atoms with Gasteiger partial charge in [-0.05, 0) is 26.2 Å². The zero-order valence-corrected chi connectivity index (χ0v) is 13.0. The van der Waals surface area contributed by atoms with E-state index in [1.165, 1.54) is 76.0 Å². The second kappa shape index (κ2) is 6.73. The van der Waals surface area contributed by atoms with Crippen LogP contribution in [-0.4, -0.2) is 32.2 Å². The maximum atomic E-state index is 2.36. The Morgan fingerprint density at radius 3 is 2.45 bits per heavy atom. The van der Waals surface area contributed by atoms with Gasteiger partial charge in [0.15, 0.2) is 0 Å². The number of rotatable bonds is 3. The van der Waals surface area contributed by atoms with Gasteiger partial charge in [0.1, 0.15) is 6.54 Å². The van der Waals surface area contributed by atoms with Crippen molar-refractivity contribution in [1.82, 2.24) is 0 Å². The van der Waals surface area contributed by atoms with Gasteiger partial charge < -0.3 is 9.80 Å². The van der Waals surface area contributed by atoms with Gasteiger partial charge in [0, 0.05) is 18.4 Å². The molecule has 2 nitrogen and oxygen atoms in total. The molecule has 0 saturated carbocycles. The predicted molar refractivity (Wildman–Crippen MR) is 83.1 cm³/mol. The monoisotopic (exact) mass is 274 g/mol. The normalized spacial score (nSPS) is 28.4. The molecule has 2 aliphatic rings. The van der Waals surface area contributed by atoms with Crippen molar-refractivity contribution in [2.75, 3.05) is 26.2 Å². The van der Waals surface area contributed by atoms with Gasteiger partial charge >= 0.3 is 0 Å². The van der Waals surface area contributed by atoms with Gasteiger partial charge in [-0.1, -0.05) is 29.8 Å². The molecule has 0 atom stereocenters. The van der Waals surface area contributed by atoms with E-state index >= 15 is 0 Å². The third-order valence-corrected chi connectivity index (χ3v) is 5.30. The summed E-state index contributed by atoms with van der Waals surface area (Å²) in [6.45, 7) is 9.06. The molecule has 2 N–H and O–H groups in total. The number of quaternary nitrogens is 2. The number of piperidine rings is 2. The summed E-state index contributed by atoms with van der Waals surface area (Å²) in [5, 5.41) is 0. The highest BCUT2D eigenvalue weighted by Gasteiger charge is 2.30. The fourth-order valence-electron chi connectivity index (χ4n) is 4.14. The Labute approximate surface area is 123 Å². The van der Waals surface area contributed by atoms with Gasteiger partial charge in [-0.15, -0.1) is 0 Å². The summed E-state index contributed by atoms with van der Waals surface area (Å²) in [4.78, 5) is 3.72. The summed E-state index contributed by atoms with van der Waals surface area (Å²) in [5.74, 6) is 0. The molecule has 0 aliphatic carbocycles. The summed E-state index contributed by atoms with van der Waals surface area (Å²) in [5.41, 5.74) is 2.92. The number of hydrogen-bond acceptors (Lipinski definition) is 0. The molecule has 1 aromatic carbocycles. The number of benzene rings is 1. The summed E-state index contributed by atoms with van der Waals surface area (Å²) in [6.07, 6.45) is 7.28. The lowest BCUT2D eigenvalue weighted by atomic mass is 9.99. The third-order valence-electron chi connectivity index (χ3n) is 5.30. The largest absolute Gasteiger partial charge is 0.332 e. The zero-order valence-electron chi connectivity index (χ0n) is 13.0. The molecule has 0 unspecified atom stereocenters. The smallest absolute Gasteiger partial charge is 0.103 e. The molecule has 20 heavy (non-hydrogen) atoms. The van der Waals surface area contributed by atoms with E-state index < -0.39 is 0 Å². The molecule has 2 heteroatoms. The SMILES string of the molecule is Cc1cccc(C[NH+]2CCC([NH+]3CCCCC3)CC2)c1. The van der Waals surface area contributed by atoms with Crippen molar-refractivity contribution in [2.24, 2.45) is 0 Å². The van der Waals surface area contributed by atoms with Crippen LogP contribution in [0.25, 0.3) is 0 Å². The fourth-order valence-corrected chi connectivity index (χ4v) is 4.14. The van der Waals surface area contributed by atoms with Crippen molar-refractivity contribution in [2.45, 2.75) is 51.6 Å². The molecule has 2 aliphatic heterocycles.